The normalized spacial score (nSPS) is 16.3. The highest BCUT2D eigenvalue weighted by Crippen LogP contribution is 2.40. The number of methoxy groups -OCH3 is 2. The Bertz CT molecular complexity index is 1030. The van der Waals surface area contributed by atoms with Gasteiger partial charge in [0.05, 0.1) is 25.8 Å². The van der Waals surface area contributed by atoms with Gasteiger partial charge in [0.1, 0.15) is 7.85 Å². The van der Waals surface area contributed by atoms with Crippen LogP contribution in [0.1, 0.15) is 34.6 Å². The minimum atomic E-state index is -0.0624. The minimum Gasteiger partial charge on any atom is -0.493 e. The number of hydrogen-bond acceptors (Lipinski definition) is 4. The van der Waals surface area contributed by atoms with Gasteiger partial charge in [-0.2, -0.15) is 5.10 Å². The fraction of sp³-hybridized carbons (Fsp3) is 0.300. The van der Waals surface area contributed by atoms with E-state index in [9.17, 15) is 4.79 Å². The molecule has 0 bridgehead atoms. The van der Waals surface area contributed by atoms with Crippen molar-refractivity contribution in [2.24, 2.45) is 0 Å². The molecule has 0 saturated heterocycles. The predicted molar refractivity (Wildman–Crippen MR) is 106 cm³/mol. The molecule has 138 valence electrons. The molecule has 0 spiro atoms. The molecule has 27 heavy (non-hydrogen) atoms. The van der Waals surface area contributed by atoms with E-state index in [0.717, 1.165) is 40.0 Å². The summed E-state index contributed by atoms with van der Waals surface area (Å²) in [6.45, 7) is 2.66. The van der Waals surface area contributed by atoms with E-state index in [1.165, 1.54) is 0 Å². The fourth-order valence-corrected chi connectivity index (χ4v) is 3.87. The summed E-state index contributed by atoms with van der Waals surface area (Å²) >= 11 is 0. The number of amides is 1. The van der Waals surface area contributed by atoms with Crippen LogP contribution in [0.3, 0.4) is 0 Å². The summed E-state index contributed by atoms with van der Waals surface area (Å²) in [6.07, 6.45) is 2.65. The van der Waals surface area contributed by atoms with Crippen LogP contribution in [0.15, 0.2) is 36.5 Å². The summed E-state index contributed by atoms with van der Waals surface area (Å²) in [4.78, 5) is 15.0. The Morgan fingerprint density at radius 1 is 1.22 bits per heavy atom. The highest BCUT2D eigenvalue weighted by atomic mass is 16.5. The number of carbonyl (C=O) groups is 1. The van der Waals surface area contributed by atoms with E-state index in [0.29, 0.717) is 12.2 Å². The van der Waals surface area contributed by atoms with Gasteiger partial charge < -0.3 is 14.4 Å². The van der Waals surface area contributed by atoms with Gasteiger partial charge in [-0.3, -0.25) is 4.79 Å². The fourth-order valence-electron chi connectivity index (χ4n) is 3.87. The Balaban J connectivity index is 1.68. The molecular formula is C20H22BN3O3. The molecular weight excluding hydrogens is 341 g/mol. The Hall–Kier alpha value is -2.96. The Morgan fingerprint density at radius 3 is 2.78 bits per heavy atom. The first-order valence-corrected chi connectivity index (χ1v) is 9.04. The quantitative estimate of drug-likeness (QED) is 0.660. The van der Waals surface area contributed by atoms with Gasteiger partial charge >= 0.3 is 0 Å². The number of ether oxygens (including phenoxy) is 2. The molecule has 1 aromatic carbocycles. The van der Waals surface area contributed by atoms with Crippen LogP contribution in [0, 0.1) is 0 Å². The predicted octanol–water partition coefficient (Wildman–Crippen LogP) is 1.37. The smallest absolute Gasteiger partial charge is 0.274 e. The molecule has 1 aliphatic heterocycles. The average Bonchev–Trinajstić information content (AvgIpc) is 3.10. The third-order valence-corrected chi connectivity index (χ3v) is 5.29. The van der Waals surface area contributed by atoms with Crippen molar-refractivity contribution in [2.75, 3.05) is 20.8 Å². The highest BCUT2D eigenvalue weighted by molar-refractivity contribution is 6.32. The molecule has 0 fully saturated rings. The zero-order valence-electron chi connectivity index (χ0n) is 16.0. The molecule has 0 aliphatic carbocycles. The molecule has 0 radical (unpaired) electrons. The Morgan fingerprint density at radius 2 is 2.04 bits per heavy atom. The van der Waals surface area contributed by atoms with Gasteiger partial charge in [-0.05, 0) is 37.1 Å². The highest BCUT2D eigenvalue weighted by Gasteiger charge is 2.32. The number of carbonyl (C=O) groups excluding carboxylic acids is 1. The van der Waals surface area contributed by atoms with E-state index in [1.54, 1.807) is 18.7 Å². The van der Waals surface area contributed by atoms with Crippen LogP contribution >= 0.6 is 0 Å². The van der Waals surface area contributed by atoms with E-state index < -0.39 is 0 Å². The first-order chi connectivity index (χ1) is 13.0. The lowest BCUT2D eigenvalue weighted by atomic mass is 9.92. The number of benzene rings is 1. The van der Waals surface area contributed by atoms with Crippen LogP contribution in [-0.2, 0) is 6.42 Å². The number of aromatic nitrogens is 2. The second-order valence-corrected chi connectivity index (χ2v) is 6.90. The van der Waals surface area contributed by atoms with Crippen molar-refractivity contribution < 1.29 is 14.3 Å². The molecule has 1 amide bonds. The van der Waals surface area contributed by atoms with E-state index in [1.807, 2.05) is 56.2 Å². The van der Waals surface area contributed by atoms with Gasteiger partial charge in [-0.25, -0.2) is 4.52 Å². The van der Waals surface area contributed by atoms with Crippen LogP contribution in [-0.4, -0.2) is 49.0 Å². The number of nitrogens with zero attached hydrogens (tertiary/aromatic N) is 3. The lowest BCUT2D eigenvalue weighted by molar-refractivity contribution is 0.0670. The summed E-state index contributed by atoms with van der Waals surface area (Å²) in [6, 6.07) is 9.70. The third kappa shape index (κ3) is 2.83. The van der Waals surface area contributed by atoms with E-state index >= 15 is 0 Å². The van der Waals surface area contributed by atoms with Crippen molar-refractivity contribution in [2.45, 2.75) is 19.4 Å². The third-order valence-electron chi connectivity index (χ3n) is 5.29. The van der Waals surface area contributed by atoms with Gasteiger partial charge in [-0.15, -0.1) is 0 Å². The lowest BCUT2D eigenvalue weighted by Crippen LogP contribution is -2.39. The summed E-state index contributed by atoms with van der Waals surface area (Å²) in [5.41, 5.74) is 4.69. The standard InChI is InChI=1S/C20H22BN3O3/c1-12-15-6-7-18(26-2)19(27-3)16(15)8-9-23(12)20(25)17-10-14-5-4-13(21)11-24(14)22-17/h4-7,10-12H,8-9,21H2,1-3H3. The van der Waals surface area contributed by atoms with Crippen molar-refractivity contribution >= 4 is 24.7 Å². The molecule has 6 nitrogen and oxygen atoms in total. The van der Waals surface area contributed by atoms with Crippen molar-refractivity contribution in [1.29, 1.82) is 0 Å². The maximum atomic E-state index is 13.1. The summed E-state index contributed by atoms with van der Waals surface area (Å²) in [5, 5.41) is 4.48. The molecule has 0 saturated carbocycles. The van der Waals surface area contributed by atoms with Crippen LogP contribution in [0.5, 0.6) is 11.5 Å². The zero-order valence-corrected chi connectivity index (χ0v) is 16.0. The number of hydrogen-bond donors (Lipinski definition) is 0. The van der Waals surface area contributed by atoms with Crippen LogP contribution < -0.4 is 14.9 Å². The molecule has 4 rings (SSSR count). The number of pyridine rings is 1. The largest absolute Gasteiger partial charge is 0.493 e. The lowest BCUT2D eigenvalue weighted by Gasteiger charge is -2.35. The first-order valence-electron chi connectivity index (χ1n) is 9.04. The first kappa shape index (κ1) is 17.5. The van der Waals surface area contributed by atoms with E-state index in [4.69, 9.17) is 9.47 Å². The topological polar surface area (TPSA) is 56.1 Å². The summed E-state index contributed by atoms with van der Waals surface area (Å²) in [7, 11) is 5.30. The van der Waals surface area contributed by atoms with E-state index in [2.05, 4.69) is 5.10 Å². The molecule has 0 N–H and O–H groups in total. The van der Waals surface area contributed by atoms with Gasteiger partial charge in [0.15, 0.2) is 17.2 Å². The zero-order chi connectivity index (χ0) is 19.1. The average molecular weight is 363 g/mol. The monoisotopic (exact) mass is 363 g/mol. The second-order valence-electron chi connectivity index (χ2n) is 6.90. The number of rotatable bonds is 3. The molecule has 3 heterocycles. The van der Waals surface area contributed by atoms with Crippen molar-refractivity contribution in [3.05, 3.63) is 53.3 Å². The maximum Gasteiger partial charge on any atom is 0.274 e. The Kier molecular flexibility index (Phi) is 4.30. The minimum absolute atomic E-state index is 0.0516. The van der Waals surface area contributed by atoms with Crippen LogP contribution in [0.4, 0.5) is 0 Å². The molecule has 2 aromatic heterocycles. The molecule has 1 atom stereocenters. The molecule has 7 heteroatoms. The van der Waals surface area contributed by atoms with Crippen molar-refractivity contribution in [1.82, 2.24) is 14.5 Å². The second kappa shape index (κ2) is 6.65. The molecule has 3 aromatic rings. The van der Waals surface area contributed by atoms with Crippen molar-refractivity contribution in [3.8, 4) is 11.5 Å². The summed E-state index contributed by atoms with van der Waals surface area (Å²) < 4.78 is 12.7. The van der Waals surface area contributed by atoms with Crippen LogP contribution in [0.25, 0.3) is 5.52 Å². The Labute approximate surface area is 159 Å². The summed E-state index contributed by atoms with van der Waals surface area (Å²) in [5.74, 6) is 1.43. The van der Waals surface area contributed by atoms with Crippen LogP contribution in [0.2, 0.25) is 0 Å². The van der Waals surface area contributed by atoms with E-state index in [-0.39, 0.29) is 11.9 Å². The molecule has 1 aliphatic rings. The number of fused-ring (bicyclic) bond motifs is 2. The van der Waals surface area contributed by atoms with Gasteiger partial charge in [-0.1, -0.05) is 17.6 Å². The molecule has 1 unspecified atom stereocenters. The maximum absolute atomic E-state index is 13.1. The van der Waals surface area contributed by atoms with Crippen molar-refractivity contribution in [3.63, 3.8) is 0 Å². The van der Waals surface area contributed by atoms with Gasteiger partial charge in [0.25, 0.3) is 5.91 Å². The van der Waals surface area contributed by atoms with Gasteiger partial charge in [0.2, 0.25) is 0 Å². The SMILES string of the molecule is Bc1ccc2cc(C(=O)N3CCc4c(ccc(OC)c4OC)C3C)nn2c1. The van der Waals surface area contributed by atoms with Gasteiger partial charge in [0, 0.05) is 18.3 Å².